The van der Waals surface area contributed by atoms with Crippen LogP contribution >= 0.6 is 15.9 Å². The Kier molecular flexibility index (Phi) is 6.05. The third-order valence-corrected chi connectivity index (χ3v) is 4.25. The normalized spacial score (nSPS) is 18.8. The molecule has 0 saturated carbocycles. The van der Waals surface area contributed by atoms with Gasteiger partial charge >= 0.3 is 0 Å². The van der Waals surface area contributed by atoms with Crippen molar-refractivity contribution in [3.8, 4) is 0 Å². The number of hydrogen-bond donors (Lipinski definition) is 1. The summed E-state index contributed by atoms with van der Waals surface area (Å²) in [6, 6.07) is 8.09. The summed E-state index contributed by atoms with van der Waals surface area (Å²) < 4.78 is 1.00. The van der Waals surface area contributed by atoms with Gasteiger partial charge in [-0.2, -0.15) is 0 Å². The number of nitrogens with zero attached hydrogens (tertiary/aromatic N) is 1. The fraction of sp³-hybridized carbons (Fsp3) is 0.562. The monoisotopic (exact) mass is 338 g/mol. The van der Waals surface area contributed by atoms with Crippen molar-refractivity contribution < 1.29 is 4.79 Å². The molecular weight excluding hydrogens is 316 g/mol. The molecule has 20 heavy (non-hydrogen) atoms. The molecule has 110 valence electrons. The second-order valence-corrected chi connectivity index (χ2v) is 6.32. The molecule has 1 atom stereocenters. The number of rotatable bonds is 5. The minimum absolute atomic E-state index is 0.145. The third-order valence-electron chi connectivity index (χ3n) is 3.73. The summed E-state index contributed by atoms with van der Waals surface area (Å²) in [6.45, 7) is 4.85. The third kappa shape index (κ3) is 4.32. The van der Waals surface area contributed by atoms with E-state index in [2.05, 4.69) is 28.2 Å². The van der Waals surface area contributed by atoms with Crippen LogP contribution in [0, 0.1) is 0 Å². The van der Waals surface area contributed by atoms with E-state index in [1.54, 1.807) is 0 Å². The summed E-state index contributed by atoms with van der Waals surface area (Å²) in [5, 5.41) is 3.52. The largest absolute Gasteiger partial charge is 0.337 e. The Morgan fingerprint density at radius 2 is 2.10 bits per heavy atom. The minimum atomic E-state index is 0.145. The first-order chi connectivity index (χ1) is 9.70. The van der Waals surface area contributed by atoms with Crippen molar-refractivity contribution >= 4 is 21.8 Å². The molecule has 1 aromatic rings. The molecule has 2 rings (SSSR count). The van der Waals surface area contributed by atoms with Crippen LogP contribution < -0.4 is 5.32 Å². The molecule has 1 heterocycles. The van der Waals surface area contributed by atoms with Crippen molar-refractivity contribution in [2.45, 2.75) is 38.6 Å². The molecule has 0 radical (unpaired) electrons. The van der Waals surface area contributed by atoms with Crippen LogP contribution in [0.3, 0.4) is 0 Å². The molecule has 1 aliphatic heterocycles. The van der Waals surface area contributed by atoms with E-state index in [-0.39, 0.29) is 5.91 Å². The van der Waals surface area contributed by atoms with Gasteiger partial charge in [0.2, 0.25) is 0 Å². The Morgan fingerprint density at radius 3 is 2.70 bits per heavy atom. The Hall–Kier alpha value is -0.870. The van der Waals surface area contributed by atoms with Crippen molar-refractivity contribution in [1.82, 2.24) is 10.2 Å². The fourth-order valence-electron chi connectivity index (χ4n) is 2.67. The van der Waals surface area contributed by atoms with Crippen LogP contribution in [0.2, 0.25) is 0 Å². The van der Waals surface area contributed by atoms with Gasteiger partial charge in [0, 0.05) is 29.2 Å². The van der Waals surface area contributed by atoms with Crippen LogP contribution in [-0.2, 0) is 0 Å². The van der Waals surface area contributed by atoms with Crippen LogP contribution in [0.1, 0.15) is 43.0 Å². The smallest absolute Gasteiger partial charge is 0.253 e. The summed E-state index contributed by atoms with van der Waals surface area (Å²) in [5.74, 6) is 0.145. The van der Waals surface area contributed by atoms with E-state index in [1.165, 1.54) is 19.3 Å². The van der Waals surface area contributed by atoms with Gasteiger partial charge in [-0.3, -0.25) is 4.79 Å². The van der Waals surface area contributed by atoms with Gasteiger partial charge in [-0.1, -0.05) is 29.3 Å². The van der Waals surface area contributed by atoms with Gasteiger partial charge in [0.15, 0.2) is 0 Å². The Morgan fingerprint density at radius 1 is 1.35 bits per heavy atom. The topological polar surface area (TPSA) is 32.3 Å². The van der Waals surface area contributed by atoms with Gasteiger partial charge in [0.1, 0.15) is 0 Å². The maximum absolute atomic E-state index is 12.6. The average molecular weight is 339 g/mol. The molecule has 1 N–H and O–H groups in total. The fourth-order valence-corrected chi connectivity index (χ4v) is 2.93. The summed E-state index contributed by atoms with van der Waals surface area (Å²) in [7, 11) is 0. The molecule has 1 saturated heterocycles. The van der Waals surface area contributed by atoms with Crippen molar-refractivity contribution in [1.29, 1.82) is 0 Å². The first-order valence-electron chi connectivity index (χ1n) is 7.49. The first-order valence-corrected chi connectivity index (χ1v) is 8.28. The quantitative estimate of drug-likeness (QED) is 0.891. The van der Waals surface area contributed by atoms with E-state index in [4.69, 9.17) is 0 Å². The lowest BCUT2D eigenvalue weighted by atomic mass is 10.0. The number of carbonyl (C=O) groups excluding carboxylic acids is 1. The molecule has 1 amide bonds. The minimum Gasteiger partial charge on any atom is -0.337 e. The van der Waals surface area contributed by atoms with Gasteiger partial charge in [0.05, 0.1) is 0 Å². The van der Waals surface area contributed by atoms with E-state index in [0.29, 0.717) is 6.04 Å². The predicted octanol–water partition coefficient (Wildman–Crippen LogP) is 3.44. The molecule has 0 aliphatic carbocycles. The van der Waals surface area contributed by atoms with Crippen LogP contribution in [0.4, 0.5) is 0 Å². The number of halogens is 1. The number of nitrogens with one attached hydrogen (secondary N) is 1. The number of amides is 1. The highest BCUT2D eigenvalue weighted by atomic mass is 79.9. The average Bonchev–Trinajstić information content (AvgIpc) is 2.48. The van der Waals surface area contributed by atoms with Gasteiger partial charge in [-0.25, -0.2) is 0 Å². The van der Waals surface area contributed by atoms with Gasteiger partial charge < -0.3 is 10.2 Å². The standard InChI is InChI=1S/C16H23BrN2O/c1-2-11-19(12-15-5-3-4-10-18-15)16(20)13-6-8-14(17)9-7-13/h6-9,15,18H,2-5,10-12H2,1H3. The maximum Gasteiger partial charge on any atom is 0.253 e. The van der Waals surface area contributed by atoms with E-state index < -0.39 is 0 Å². The van der Waals surface area contributed by atoms with Crippen LogP contribution in [-0.4, -0.2) is 36.5 Å². The highest BCUT2D eigenvalue weighted by molar-refractivity contribution is 9.10. The van der Waals surface area contributed by atoms with E-state index in [1.807, 2.05) is 29.2 Å². The zero-order valence-electron chi connectivity index (χ0n) is 12.1. The molecule has 1 unspecified atom stereocenters. The zero-order chi connectivity index (χ0) is 14.4. The summed E-state index contributed by atoms with van der Waals surface area (Å²) in [4.78, 5) is 14.6. The lowest BCUT2D eigenvalue weighted by Gasteiger charge is -2.30. The lowest BCUT2D eigenvalue weighted by molar-refractivity contribution is 0.0731. The number of carbonyl (C=O) groups is 1. The molecule has 0 spiro atoms. The van der Waals surface area contributed by atoms with Crippen molar-refractivity contribution in [3.63, 3.8) is 0 Å². The van der Waals surface area contributed by atoms with E-state index >= 15 is 0 Å². The lowest BCUT2D eigenvalue weighted by Crippen LogP contribution is -2.46. The maximum atomic E-state index is 12.6. The van der Waals surface area contributed by atoms with Gasteiger partial charge in [-0.05, 0) is 50.1 Å². The van der Waals surface area contributed by atoms with Crippen LogP contribution in [0.15, 0.2) is 28.7 Å². The number of hydrogen-bond acceptors (Lipinski definition) is 2. The second kappa shape index (κ2) is 7.79. The molecule has 1 fully saturated rings. The predicted molar refractivity (Wildman–Crippen MR) is 86.0 cm³/mol. The summed E-state index contributed by atoms with van der Waals surface area (Å²) in [5.41, 5.74) is 0.775. The highest BCUT2D eigenvalue weighted by Crippen LogP contribution is 2.14. The summed E-state index contributed by atoms with van der Waals surface area (Å²) >= 11 is 3.41. The molecule has 1 aromatic carbocycles. The Labute approximate surface area is 129 Å². The molecule has 4 heteroatoms. The Bertz CT molecular complexity index is 427. The van der Waals surface area contributed by atoms with E-state index in [9.17, 15) is 4.79 Å². The first kappa shape index (κ1) is 15.5. The molecule has 0 bridgehead atoms. The van der Waals surface area contributed by atoms with Gasteiger partial charge in [0.25, 0.3) is 5.91 Å². The molecule has 1 aliphatic rings. The Balaban J connectivity index is 2.02. The molecule has 3 nitrogen and oxygen atoms in total. The van der Waals surface area contributed by atoms with Crippen molar-refractivity contribution in [3.05, 3.63) is 34.3 Å². The van der Waals surface area contributed by atoms with E-state index in [0.717, 1.165) is 36.1 Å². The van der Waals surface area contributed by atoms with Crippen LogP contribution in [0.5, 0.6) is 0 Å². The van der Waals surface area contributed by atoms with Crippen molar-refractivity contribution in [2.75, 3.05) is 19.6 Å². The number of piperidine rings is 1. The number of benzene rings is 1. The molecular formula is C16H23BrN2O. The molecule has 0 aromatic heterocycles. The second-order valence-electron chi connectivity index (χ2n) is 5.40. The van der Waals surface area contributed by atoms with Crippen molar-refractivity contribution in [2.24, 2.45) is 0 Å². The summed E-state index contributed by atoms with van der Waals surface area (Å²) in [6.07, 6.45) is 4.69. The van der Waals surface area contributed by atoms with Gasteiger partial charge in [-0.15, -0.1) is 0 Å². The SMILES string of the molecule is CCCN(CC1CCCCN1)C(=O)c1ccc(Br)cc1. The zero-order valence-corrected chi connectivity index (χ0v) is 13.7. The van der Waals surface area contributed by atoms with Crippen LogP contribution in [0.25, 0.3) is 0 Å². The highest BCUT2D eigenvalue weighted by Gasteiger charge is 2.20.